The van der Waals surface area contributed by atoms with E-state index in [1.54, 1.807) is 12.1 Å². The predicted octanol–water partition coefficient (Wildman–Crippen LogP) is 2.44. The summed E-state index contributed by atoms with van der Waals surface area (Å²) in [5.41, 5.74) is 1.36. The highest BCUT2D eigenvalue weighted by molar-refractivity contribution is 5.80. The van der Waals surface area contributed by atoms with Crippen LogP contribution in [0.4, 0.5) is 5.69 Å². The number of carbonyl (C=O) groups is 1. The number of anilines is 1. The Balaban J connectivity index is 2.20. The fourth-order valence-electron chi connectivity index (χ4n) is 2.25. The predicted molar refractivity (Wildman–Crippen MR) is 64.1 cm³/mol. The first-order valence-electron chi connectivity index (χ1n) is 5.74. The Morgan fingerprint density at radius 1 is 1.50 bits per heavy atom. The smallest absolute Gasteiger partial charge is 0.153 e. The van der Waals surface area contributed by atoms with Gasteiger partial charge in [-0.25, -0.2) is 0 Å². The molecule has 16 heavy (non-hydrogen) atoms. The van der Waals surface area contributed by atoms with Crippen LogP contribution in [-0.2, 0) is 0 Å². The van der Waals surface area contributed by atoms with Crippen LogP contribution < -0.4 is 4.90 Å². The minimum absolute atomic E-state index is 0.0747. The molecule has 1 unspecified atom stereocenters. The van der Waals surface area contributed by atoms with E-state index in [4.69, 9.17) is 0 Å². The van der Waals surface area contributed by atoms with Gasteiger partial charge < -0.3 is 10.0 Å². The van der Waals surface area contributed by atoms with Crippen LogP contribution in [0.1, 0.15) is 30.1 Å². The largest absolute Gasteiger partial charge is 0.507 e. The molecule has 0 radical (unpaired) electrons. The highest BCUT2D eigenvalue weighted by atomic mass is 16.3. The third-order valence-corrected chi connectivity index (χ3v) is 3.16. The van der Waals surface area contributed by atoms with E-state index in [1.807, 2.05) is 6.07 Å². The monoisotopic (exact) mass is 219 g/mol. The van der Waals surface area contributed by atoms with Crippen molar-refractivity contribution in [2.75, 3.05) is 18.0 Å². The normalized spacial score (nSPS) is 20.8. The lowest BCUT2D eigenvalue weighted by atomic mass is 9.99. The lowest BCUT2D eigenvalue weighted by Crippen LogP contribution is -2.34. The number of benzene rings is 1. The van der Waals surface area contributed by atoms with Crippen LogP contribution in [0.3, 0.4) is 0 Å². The maximum atomic E-state index is 10.6. The van der Waals surface area contributed by atoms with E-state index in [0.717, 1.165) is 18.8 Å². The van der Waals surface area contributed by atoms with Crippen LogP contribution in [0.2, 0.25) is 0 Å². The number of carbonyl (C=O) groups excluding carboxylic acids is 1. The molecule has 0 saturated carbocycles. The van der Waals surface area contributed by atoms with Crippen molar-refractivity contribution in [3.8, 4) is 5.75 Å². The van der Waals surface area contributed by atoms with Gasteiger partial charge >= 0.3 is 0 Å². The zero-order chi connectivity index (χ0) is 11.5. The van der Waals surface area contributed by atoms with Crippen LogP contribution >= 0.6 is 0 Å². The van der Waals surface area contributed by atoms with Gasteiger partial charge in [-0.3, -0.25) is 4.79 Å². The molecule has 0 amide bonds. The summed E-state index contributed by atoms with van der Waals surface area (Å²) in [4.78, 5) is 12.9. The molecule has 1 aromatic rings. The molecule has 3 heteroatoms. The molecule has 0 bridgehead atoms. The maximum absolute atomic E-state index is 10.6. The first kappa shape index (κ1) is 11.0. The standard InChI is InChI=1S/C13H17NO2/c1-10-3-2-6-14(8-10)12-5-4-11(9-15)13(16)7-12/h4-5,7,9-10,16H,2-3,6,8H2,1H3. The minimum Gasteiger partial charge on any atom is -0.507 e. The van der Waals surface area contributed by atoms with Gasteiger partial charge in [-0.1, -0.05) is 6.92 Å². The van der Waals surface area contributed by atoms with Crippen LogP contribution in [0.25, 0.3) is 0 Å². The second kappa shape index (κ2) is 4.56. The van der Waals surface area contributed by atoms with E-state index >= 15 is 0 Å². The molecule has 1 N–H and O–H groups in total. The summed E-state index contributed by atoms with van der Waals surface area (Å²) in [5.74, 6) is 0.771. The zero-order valence-corrected chi connectivity index (χ0v) is 9.52. The Bertz CT molecular complexity index is 390. The molecular formula is C13H17NO2. The quantitative estimate of drug-likeness (QED) is 0.777. The summed E-state index contributed by atoms with van der Waals surface area (Å²) in [6.07, 6.45) is 3.14. The Morgan fingerprint density at radius 2 is 2.31 bits per heavy atom. The number of piperidine rings is 1. The highest BCUT2D eigenvalue weighted by Crippen LogP contribution is 2.27. The number of hydrogen-bond acceptors (Lipinski definition) is 3. The van der Waals surface area contributed by atoms with Crippen LogP contribution in [0.15, 0.2) is 18.2 Å². The van der Waals surface area contributed by atoms with E-state index in [1.165, 1.54) is 12.8 Å². The molecule has 1 heterocycles. The summed E-state index contributed by atoms with van der Waals surface area (Å²) in [7, 11) is 0. The first-order valence-corrected chi connectivity index (χ1v) is 5.74. The molecule has 1 saturated heterocycles. The van der Waals surface area contributed by atoms with Gasteiger partial charge in [-0.2, -0.15) is 0 Å². The molecule has 1 atom stereocenters. The number of hydrogen-bond donors (Lipinski definition) is 1. The number of phenols is 1. The Labute approximate surface area is 95.7 Å². The van der Waals surface area contributed by atoms with E-state index in [2.05, 4.69) is 11.8 Å². The van der Waals surface area contributed by atoms with Crippen LogP contribution in [-0.4, -0.2) is 24.5 Å². The van der Waals surface area contributed by atoms with Crippen molar-refractivity contribution >= 4 is 12.0 Å². The molecule has 0 spiro atoms. The third kappa shape index (κ3) is 2.18. The number of aldehydes is 1. The van der Waals surface area contributed by atoms with E-state index in [0.29, 0.717) is 17.8 Å². The average molecular weight is 219 g/mol. The fraction of sp³-hybridized carbons (Fsp3) is 0.462. The number of phenolic OH excluding ortho intramolecular Hbond substituents is 1. The summed E-state index contributed by atoms with van der Waals surface area (Å²) >= 11 is 0. The van der Waals surface area contributed by atoms with Gasteiger partial charge in [0.1, 0.15) is 5.75 Å². The Morgan fingerprint density at radius 3 is 2.94 bits per heavy atom. The molecule has 1 fully saturated rings. The summed E-state index contributed by atoms with van der Waals surface area (Å²) in [6.45, 7) is 4.30. The SMILES string of the molecule is CC1CCCN(c2ccc(C=O)c(O)c2)C1. The van der Waals surface area contributed by atoms with Crippen molar-refractivity contribution in [3.05, 3.63) is 23.8 Å². The van der Waals surface area contributed by atoms with E-state index in [-0.39, 0.29) is 5.75 Å². The lowest BCUT2D eigenvalue weighted by Gasteiger charge is -2.32. The molecule has 1 aliphatic rings. The van der Waals surface area contributed by atoms with Crippen LogP contribution in [0, 0.1) is 5.92 Å². The average Bonchev–Trinajstić information content (AvgIpc) is 2.29. The van der Waals surface area contributed by atoms with E-state index in [9.17, 15) is 9.90 Å². The Kier molecular flexibility index (Phi) is 3.13. The van der Waals surface area contributed by atoms with Gasteiger partial charge in [0, 0.05) is 24.8 Å². The van der Waals surface area contributed by atoms with Crippen molar-refractivity contribution in [1.82, 2.24) is 0 Å². The maximum Gasteiger partial charge on any atom is 0.153 e. The molecule has 3 nitrogen and oxygen atoms in total. The van der Waals surface area contributed by atoms with Gasteiger partial charge in [-0.05, 0) is 30.9 Å². The number of nitrogens with zero attached hydrogens (tertiary/aromatic N) is 1. The number of rotatable bonds is 2. The highest BCUT2D eigenvalue weighted by Gasteiger charge is 2.17. The molecule has 1 aliphatic heterocycles. The van der Waals surface area contributed by atoms with Gasteiger partial charge in [0.2, 0.25) is 0 Å². The first-order chi connectivity index (χ1) is 7.70. The topological polar surface area (TPSA) is 40.5 Å². The van der Waals surface area contributed by atoms with Crippen molar-refractivity contribution in [2.24, 2.45) is 5.92 Å². The molecule has 0 aliphatic carbocycles. The van der Waals surface area contributed by atoms with Gasteiger partial charge in [0.05, 0.1) is 5.56 Å². The molecule has 86 valence electrons. The van der Waals surface area contributed by atoms with Crippen LogP contribution in [0.5, 0.6) is 5.75 Å². The van der Waals surface area contributed by atoms with Crippen molar-refractivity contribution < 1.29 is 9.90 Å². The summed E-state index contributed by atoms with van der Waals surface area (Å²) < 4.78 is 0. The number of aromatic hydroxyl groups is 1. The van der Waals surface area contributed by atoms with Gasteiger partial charge in [0.25, 0.3) is 0 Å². The second-order valence-corrected chi connectivity index (χ2v) is 4.55. The molecule has 2 rings (SSSR count). The minimum atomic E-state index is 0.0747. The molecule has 0 aromatic heterocycles. The van der Waals surface area contributed by atoms with Gasteiger partial charge in [0.15, 0.2) is 6.29 Å². The molecular weight excluding hydrogens is 202 g/mol. The van der Waals surface area contributed by atoms with Crippen molar-refractivity contribution in [2.45, 2.75) is 19.8 Å². The lowest BCUT2D eigenvalue weighted by molar-refractivity contribution is 0.112. The third-order valence-electron chi connectivity index (χ3n) is 3.16. The van der Waals surface area contributed by atoms with Crippen molar-refractivity contribution in [3.63, 3.8) is 0 Å². The zero-order valence-electron chi connectivity index (χ0n) is 9.52. The fourth-order valence-corrected chi connectivity index (χ4v) is 2.25. The Hall–Kier alpha value is -1.51. The second-order valence-electron chi connectivity index (χ2n) is 4.55. The van der Waals surface area contributed by atoms with Crippen molar-refractivity contribution in [1.29, 1.82) is 0 Å². The van der Waals surface area contributed by atoms with E-state index < -0.39 is 0 Å². The summed E-state index contributed by atoms with van der Waals surface area (Å²) in [5, 5.41) is 9.63. The molecule has 1 aromatic carbocycles. The van der Waals surface area contributed by atoms with Gasteiger partial charge in [-0.15, -0.1) is 0 Å². The summed E-state index contributed by atoms with van der Waals surface area (Å²) in [6, 6.07) is 5.26.